The maximum absolute atomic E-state index is 12.4. The standard InChI is InChI=1S/C20H22N6O3S/c1-3-4-11-23-30(28,29)14-7-5-13(6-8-14)26-19-15(18(25-26)20(27)21-2)9-10-17-16(19)12-22-24-17/h5-10,12,23,25H,3-4,11H2,1-2H3,(H,21,27). The molecular formula is C20H22N6O3S. The highest BCUT2D eigenvalue weighted by atomic mass is 32.2. The van der Waals surface area contributed by atoms with Gasteiger partial charge in [0.2, 0.25) is 10.0 Å². The van der Waals surface area contributed by atoms with Crippen molar-refractivity contribution in [2.24, 2.45) is 0 Å². The van der Waals surface area contributed by atoms with Crippen molar-refractivity contribution in [3.63, 3.8) is 0 Å². The lowest BCUT2D eigenvalue weighted by molar-refractivity contribution is 0.0959. The van der Waals surface area contributed by atoms with Gasteiger partial charge in [-0.25, -0.2) is 13.1 Å². The Morgan fingerprint density at radius 1 is 1.13 bits per heavy atom. The number of hydrogen-bond donors (Lipinski definition) is 3. The van der Waals surface area contributed by atoms with E-state index in [4.69, 9.17) is 0 Å². The normalized spacial score (nSPS) is 11.9. The zero-order valence-corrected chi connectivity index (χ0v) is 17.5. The van der Waals surface area contributed by atoms with Gasteiger partial charge in [0.1, 0.15) is 5.69 Å². The summed E-state index contributed by atoms with van der Waals surface area (Å²) >= 11 is 0. The second-order valence-corrected chi connectivity index (χ2v) is 8.65. The Bertz CT molecular complexity index is 1320. The Balaban J connectivity index is 1.81. The number of nitrogens with one attached hydrogen (secondary N) is 3. The van der Waals surface area contributed by atoms with Crippen LogP contribution in [0.1, 0.15) is 30.3 Å². The maximum atomic E-state index is 12.4. The van der Waals surface area contributed by atoms with Gasteiger partial charge in [0.05, 0.1) is 27.8 Å². The summed E-state index contributed by atoms with van der Waals surface area (Å²) in [6.07, 6.45) is 3.33. The van der Waals surface area contributed by atoms with Gasteiger partial charge in [0.25, 0.3) is 5.91 Å². The highest BCUT2D eigenvalue weighted by Gasteiger charge is 2.19. The molecule has 4 rings (SSSR count). The third-order valence-electron chi connectivity index (χ3n) is 4.94. The van der Waals surface area contributed by atoms with Crippen LogP contribution in [0.5, 0.6) is 0 Å². The lowest BCUT2D eigenvalue weighted by Crippen LogP contribution is -2.24. The minimum Gasteiger partial charge on any atom is -0.354 e. The van der Waals surface area contributed by atoms with E-state index in [1.54, 1.807) is 42.2 Å². The van der Waals surface area contributed by atoms with E-state index in [0.717, 1.165) is 29.1 Å². The molecule has 0 radical (unpaired) electrons. The summed E-state index contributed by atoms with van der Waals surface area (Å²) in [5.41, 5.74) is 2.52. The van der Waals surface area contributed by atoms with Crippen LogP contribution in [0, 0.1) is 0 Å². The Morgan fingerprint density at radius 2 is 1.90 bits per heavy atom. The Kier molecular flexibility index (Phi) is 5.27. The number of amides is 1. The average molecular weight is 427 g/mol. The van der Waals surface area contributed by atoms with Crippen LogP contribution in [0.25, 0.3) is 27.5 Å². The molecule has 4 aromatic rings. The molecule has 2 aromatic heterocycles. The predicted molar refractivity (Wildman–Crippen MR) is 114 cm³/mol. The number of carbonyl (C=O) groups is 1. The predicted octanol–water partition coefficient (Wildman–Crippen LogP) is 2.34. The van der Waals surface area contributed by atoms with E-state index in [-0.39, 0.29) is 10.8 Å². The van der Waals surface area contributed by atoms with E-state index in [1.165, 1.54) is 0 Å². The number of hydrogen-bond acceptors (Lipinski definition) is 5. The zero-order valence-electron chi connectivity index (χ0n) is 16.6. The molecule has 0 unspecified atom stereocenters. The first kappa shape index (κ1) is 20.0. The van der Waals surface area contributed by atoms with Crippen LogP contribution < -0.4 is 10.0 Å². The van der Waals surface area contributed by atoms with Crippen LogP contribution in [0.2, 0.25) is 0 Å². The lowest BCUT2D eigenvalue weighted by Gasteiger charge is -2.09. The number of sulfonamides is 1. The smallest absolute Gasteiger partial charge is 0.269 e. The van der Waals surface area contributed by atoms with Crippen molar-refractivity contribution >= 4 is 37.7 Å². The SMILES string of the molecule is CCCCNS(=O)(=O)c1ccc(-n2[nH]c(C(=O)NC)c3ccc4nncc4c32)cc1. The van der Waals surface area contributed by atoms with Gasteiger partial charge < -0.3 is 5.32 Å². The van der Waals surface area contributed by atoms with E-state index in [9.17, 15) is 13.2 Å². The van der Waals surface area contributed by atoms with Crippen LogP contribution in [-0.2, 0) is 10.0 Å². The molecule has 2 heterocycles. The van der Waals surface area contributed by atoms with E-state index >= 15 is 0 Å². The second-order valence-electron chi connectivity index (χ2n) is 6.89. The Hall–Kier alpha value is -3.24. The molecule has 0 saturated heterocycles. The molecule has 0 bridgehead atoms. The molecule has 156 valence electrons. The third-order valence-corrected chi connectivity index (χ3v) is 6.42. The minimum atomic E-state index is -3.57. The summed E-state index contributed by atoms with van der Waals surface area (Å²) < 4.78 is 29.2. The van der Waals surface area contributed by atoms with Crippen molar-refractivity contribution in [3.8, 4) is 5.69 Å². The summed E-state index contributed by atoms with van der Waals surface area (Å²) in [6, 6.07) is 10.1. The number of aromatic amines is 1. The topological polar surface area (TPSA) is 122 Å². The lowest BCUT2D eigenvalue weighted by atomic mass is 10.1. The molecule has 0 aliphatic carbocycles. The molecule has 0 aliphatic heterocycles. The van der Waals surface area contributed by atoms with Crippen molar-refractivity contribution in [2.45, 2.75) is 24.7 Å². The summed E-state index contributed by atoms with van der Waals surface area (Å²) in [5, 5.41) is 15.3. The molecule has 9 nitrogen and oxygen atoms in total. The van der Waals surface area contributed by atoms with Crippen molar-refractivity contribution < 1.29 is 13.2 Å². The molecule has 3 N–H and O–H groups in total. The third kappa shape index (κ3) is 3.44. The van der Waals surface area contributed by atoms with Gasteiger partial charge in [-0.2, -0.15) is 10.2 Å². The van der Waals surface area contributed by atoms with Gasteiger partial charge in [-0.1, -0.05) is 13.3 Å². The van der Waals surface area contributed by atoms with Crippen LogP contribution in [-0.4, -0.2) is 47.9 Å². The molecule has 1 amide bonds. The molecule has 0 aliphatic rings. The second kappa shape index (κ2) is 7.88. The van der Waals surface area contributed by atoms with E-state index in [0.29, 0.717) is 23.4 Å². The number of benzene rings is 2. The minimum absolute atomic E-state index is 0.187. The van der Waals surface area contributed by atoms with E-state index in [2.05, 4.69) is 25.3 Å². The first-order valence-electron chi connectivity index (χ1n) is 9.63. The average Bonchev–Trinajstić information content (AvgIpc) is 3.37. The number of rotatable bonds is 7. The molecular weight excluding hydrogens is 404 g/mol. The highest BCUT2D eigenvalue weighted by molar-refractivity contribution is 7.89. The van der Waals surface area contributed by atoms with E-state index in [1.807, 2.05) is 19.1 Å². The maximum Gasteiger partial charge on any atom is 0.269 e. The molecule has 10 heteroatoms. The largest absolute Gasteiger partial charge is 0.354 e. The van der Waals surface area contributed by atoms with Crippen LogP contribution in [0.3, 0.4) is 0 Å². The quantitative estimate of drug-likeness (QED) is 0.392. The van der Waals surface area contributed by atoms with Crippen LogP contribution >= 0.6 is 0 Å². The summed E-state index contributed by atoms with van der Waals surface area (Å²) in [7, 11) is -2.00. The zero-order chi connectivity index (χ0) is 21.3. The number of carbonyl (C=O) groups excluding carboxylic acids is 1. The molecule has 30 heavy (non-hydrogen) atoms. The Morgan fingerprint density at radius 3 is 2.60 bits per heavy atom. The van der Waals surface area contributed by atoms with Crippen molar-refractivity contribution in [1.82, 2.24) is 30.0 Å². The monoisotopic (exact) mass is 426 g/mol. The van der Waals surface area contributed by atoms with Gasteiger partial charge in [-0.05, 0) is 42.8 Å². The fourth-order valence-corrected chi connectivity index (χ4v) is 4.44. The molecule has 0 spiro atoms. The fourth-order valence-electron chi connectivity index (χ4n) is 3.36. The van der Waals surface area contributed by atoms with Gasteiger partial charge in [0, 0.05) is 24.4 Å². The number of H-pyrrole nitrogens is 1. The number of nitrogens with zero attached hydrogens (tertiary/aromatic N) is 3. The van der Waals surface area contributed by atoms with Crippen molar-refractivity contribution in [1.29, 1.82) is 0 Å². The molecule has 0 saturated carbocycles. The summed E-state index contributed by atoms with van der Waals surface area (Å²) in [4.78, 5) is 12.6. The molecule has 2 aromatic carbocycles. The van der Waals surface area contributed by atoms with Crippen LogP contribution in [0.4, 0.5) is 0 Å². The van der Waals surface area contributed by atoms with Gasteiger partial charge in [-0.15, -0.1) is 0 Å². The number of unbranched alkanes of at least 4 members (excludes halogenated alkanes) is 1. The molecule has 0 fully saturated rings. The first-order valence-corrected chi connectivity index (χ1v) is 11.1. The van der Waals surface area contributed by atoms with Crippen molar-refractivity contribution in [3.05, 3.63) is 48.3 Å². The first-order chi connectivity index (χ1) is 14.5. The number of fused-ring (bicyclic) bond motifs is 3. The van der Waals surface area contributed by atoms with Gasteiger partial charge >= 0.3 is 0 Å². The van der Waals surface area contributed by atoms with Gasteiger partial charge in [-0.3, -0.25) is 14.6 Å². The van der Waals surface area contributed by atoms with Crippen LogP contribution in [0.15, 0.2) is 47.5 Å². The highest BCUT2D eigenvalue weighted by Crippen LogP contribution is 2.29. The fraction of sp³-hybridized carbons (Fsp3) is 0.250. The number of aromatic nitrogens is 4. The van der Waals surface area contributed by atoms with E-state index < -0.39 is 10.0 Å². The van der Waals surface area contributed by atoms with Crippen molar-refractivity contribution in [2.75, 3.05) is 13.6 Å². The van der Waals surface area contributed by atoms with Gasteiger partial charge in [0.15, 0.2) is 0 Å². The molecule has 0 atom stereocenters. The summed E-state index contributed by atoms with van der Waals surface area (Å²) in [5.74, 6) is -0.259. The Labute approximate surface area is 173 Å². The summed E-state index contributed by atoms with van der Waals surface area (Å²) in [6.45, 7) is 2.41.